The van der Waals surface area contributed by atoms with Crippen molar-refractivity contribution in [3.05, 3.63) is 89.6 Å². The molecule has 146 valence electrons. The van der Waals surface area contributed by atoms with Crippen molar-refractivity contribution in [2.24, 2.45) is 0 Å². The van der Waals surface area contributed by atoms with E-state index in [1.165, 1.54) is 12.1 Å². The Morgan fingerprint density at radius 2 is 2.00 bits per heavy atom. The Morgan fingerprint density at radius 1 is 1.14 bits per heavy atom. The summed E-state index contributed by atoms with van der Waals surface area (Å²) >= 11 is 0. The zero-order chi connectivity index (χ0) is 20.2. The number of hydrogen-bond donors (Lipinski definition) is 1. The summed E-state index contributed by atoms with van der Waals surface area (Å²) in [6.45, 7) is 0.656. The second kappa shape index (κ2) is 8.10. The number of aromatic nitrogens is 3. The summed E-state index contributed by atoms with van der Waals surface area (Å²) in [6.07, 6.45) is 1.70. The van der Waals surface area contributed by atoms with Crippen LogP contribution in [0, 0.1) is 5.82 Å². The maximum atomic E-state index is 13.9. The third-order valence-electron chi connectivity index (χ3n) is 4.58. The third kappa shape index (κ3) is 3.94. The Hall–Kier alpha value is -3.74. The van der Waals surface area contributed by atoms with E-state index in [0.717, 1.165) is 16.8 Å². The minimum atomic E-state index is -0.559. The molecule has 2 heterocycles. The first kappa shape index (κ1) is 18.6. The van der Waals surface area contributed by atoms with Crippen molar-refractivity contribution in [1.82, 2.24) is 19.9 Å². The fourth-order valence-corrected chi connectivity index (χ4v) is 3.16. The highest BCUT2D eigenvalue weighted by atomic mass is 19.1. The van der Waals surface area contributed by atoms with Crippen LogP contribution in [0.3, 0.4) is 0 Å². The van der Waals surface area contributed by atoms with Gasteiger partial charge < -0.3 is 14.6 Å². The number of ether oxygens (including phenoxy) is 1. The maximum Gasteiger partial charge on any atom is 0.254 e. The average Bonchev–Trinajstić information content (AvgIpc) is 3.10. The number of amides is 1. The van der Waals surface area contributed by atoms with Gasteiger partial charge in [-0.2, -0.15) is 0 Å². The predicted molar refractivity (Wildman–Crippen MR) is 107 cm³/mol. The van der Waals surface area contributed by atoms with Crippen molar-refractivity contribution in [3.8, 4) is 5.75 Å². The number of carbonyl (C=O) groups excluding carboxylic acids is 1. The monoisotopic (exact) mass is 390 g/mol. The highest BCUT2D eigenvalue weighted by Crippen LogP contribution is 2.19. The molecule has 2 aromatic heterocycles. The van der Waals surface area contributed by atoms with Crippen LogP contribution in [0.2, 0.25) is 0 Å². The van der Waals surface area contributed by atoms with Crippen LogP contribution < -0.4 is 10.1 Å². The molecular weight excluding hydrogens is 371 g/mol. The van der Waals surface area contributed by atoms with E-state index >= 15 is 0 Å². The van der Waals surface area contributed by atoms with Crippen molar-refractivity contribution >= 4 is 17.1 Å². The van der Waals surface area contributed by atoms with Crippen LogP contribution >= 0.6 is 0 Å². The molecule has 2 aromatic carbocycles. The molecule has 7 heteroatoms. The van der Waals surface area contributed by atoms with Gasteiger partial charge in [-0.15, -0.1) is 0 Å². The van der Waals surface area contributed by atoms with Crippen molar-refractivity contribution in [3.63, 3.8) is 0 Å². The second-order valence-corrected chi connectivity index (χ2v) is 6.47. The van der Waals surface area contributed by atoms with Crippen LogP contribution in [0.5, 0.6) is 5.75 Å². The van der Waals surface area contributed by atoms with Gasteiger partial charge in [0.25, 0.3) is 5.91 Å². The van der Waals surface area contributed by atoms with E-state index in [2.05, 4.69) is 15.3 Å². The first-order chi connectivity index (χ1) is 14.2. The number of imidazole rings is 1. The Kier molecular flexibility index (Phi) is 5.20. The van der Waals surface area contributed by atoms with Gasteiger partial charge in [0.1, 0.15) is 22.9 Å². The van der Waals surface area contributed by atoms with Crippen LogP contribution in [0.25, 0.3) is 11.2 Å². The lowest BCUT2D eigenvalue weighted by molar-refractivity contribution is 0.0945. The second-order valence-electron chi connectivity index (χ2n) is 6.47. The summed E-state index contributed by atoms with van der Waals surface area (Å²) in [4.78, 5) is 21.4. The number of carbonyl (C=O) groups is 1. The molecule has 0 spiro atoms. The van der Waals surface area contributed by atoms with Gasteiger partial charge >= 0.3 is 0 Å². The highest BCUT2D eigenvalue weighted by molar-refractivity contribution is 5.94. The molecule has 1 amide bonds. The fourth-order valence-electron chi connectivity index (χ4n) is 3.16. The third-order valence-corrected chi connectivity index (χ3v) is 4.58. The normalized spacial score (nSPS) is 10.8. The molecule has 0 fully saturated rings. The Labute approximate surface area is 167 Å². The largest absolute Gasteiger partial charge is 0.497 e. The molecule has 0 aliphatic heterocycles. The van der Waals surface area contributed by atoms with Crippen molar-refractivity contribution in [1.29, 1.82) is 0 Å². The molecule has 29 heavy (non-hydrogen) atoms. The zero-order valence-electron chi connectivity index (χ0n) is 15.8. The minimum absolute atomic E-state index is 0.00100. The molecule has 0 aliphatic rings. The minimum Gasteiger partial charge on any atom is -0.497 e. The summed E-state index contributed by atoms with van der Waals surface area (Å²) in [7, 11) is 1.62. The molecule has 6 nitrogen and oxygen atoms in total. The molecule has 1 N–H and O–H groups in total. The summed E-state index contributed by atoms with van der Waals surface area (Å²) < 4.78 is 21.1. The number of halogens is 1. The number of benzene rings is 2. The van der Waals surface area contributed by atoms with E-state index < -0.39 is 11.7 Å². The van der Waals surface area contributed by atoms with E-state index in [0.29, 0.717) is 18.0 Å². The quantitative estimate of drug-likeness (QED) is 0.547. The van der Waals surface area contributed by atoms with Gasteiger partial charge in [-0.3, -0.25) is 4.79 Å². The SMILES string of the molecule is COc1cccc(Cn2c(CNC(=O)c3ccccc3F)nc3cccnc32)c1. The lowest BCUT2D eigenvalue weighted by Gasteiger charge is -2.11. The summed E-state index contributed by atoms with van der Waals surface area (Å²) in [6, 6.07) is 17.3. The molecule has 0 radical (unpaired) electrons. The van der Waals surface area contributed by atoms with Crippen LogP contribution in [0.4, 0.5) is 4.39 Å². The standard InChI is InChI=1S/C22H19FN4O2/c1-29-16-7-4-6-15(12-16)14-27-20(26-19-10-5-11-24-21(19)27)13-25-22(28)17-8-2-3-9-18(17)23/h2-12H,13-14H2,1H3,(H,25,28). The number of nitrogens with one attached hydrogen (secondary N) is 1. The molecule has 0 saturated heterocycles. The maximum absolute atomic E-state index is 13.9. The summed E-state index contributed by atoms with van der Waals surface area (Å²) in [5.74, 6) is 0.341. The van der Waals surface area contributed by atoms with Crippen LogP contribution in [-0.2, 0) is 13.1 Å². The van der Waals surface area contributed by atoms with E-state index in [1.54, 1.807) is 25.4 Å². The molecule has 0 aliphatic carbocycles. The van der Waals surface area contributed by atoms with E-state index in [1.807, 2.05) is 41.0 Å². The molecule has 4 rings (SSSR count). The van der Waals surface area contributed by atoms with Gasteiger partial charge in [-0.25, -0.2) is 14.4 Å². The molecular formula is C22H19FN4O2. The Morgan fingerprint density at radius 3 is 2.83 bits per heavy atom. The van der Waals surface area contributed by atoms with Gasteiger partial charge in [-0.05, 0) is 42.0 Å². The Balaban J connectivity index is 1.63. The van der Waals surface area contributed by atoms with E-state index in [-0.39, 0.29) is 12.1 Å². The number of nitrogens with zero attached hydrogens (tertiary/aromatic N) is 3. The molecule has 0 unspecified atom stereocenters. The van der Waals surface area contributed by atoms with Gasteiger partial charge in [0.15, 0.2) is 5.65 Å². The van der Waals surface area contributed by atoms with Crippen LogP contribution in [0.15, 0.2) is 66.9 Å². The predicted octanol–water partition coefficient (Wildman–Crippen LogP) is 3.56. The fraction of sp³-hybridized carbons (Fsp3) is 0.136. The van der Waals surface area contributed by atoms with Gasteiger partial charge in [0.05, 0.1) is 25.8 Å². The van der Waals surface area contributed by atoms with Crippen LogP contribution in [0.1, 0.15) is 21.7 Å². The number of fused-ring (bicyclic) bond motifs is 1. The number of pyridine rings is 1. The highest BCUT2D eigenvalue weighted by Gasteiger charge is 2.15. The number of hydrogen-bond acceptors (Lipinski definition) is 4. The van der Waals surface area contributed by atoms with Crippen LogP contribution in [-0.4, -0.2) is 27.6 Å². The molecule has 0 saturated carbocycles. The topological polar surface area (TPSA) is 69.0 Å². The Bertz CT molecular complexity index is 1170. The van der Waals surface area contributed by atoms with Crippen molar-refractivity contribution in [2.45, 2.75) is 13.1 Å². The molecule has 0 atom stereocenters. The first-order valence-electron chi connectivity index (χ1n) is 9.11. The van der Waals surface area contributed by atoms with Gasteiger partial charge in [0.2, 0.25) is 0 Å². The van der Waals surface area contributed by atoms with Gasteiger partial charge in [-0.1, -0.05) is 24.3 Å². The zero-order valence-corrected chi connectivity index (χ0v) is 15.8. The molecule has 0 bridgehead atoms. The smallest absolute Gasteiger partial charge is 0.254 e. The first-order valence-corrected chi connectivity index (χ1v) is 9.11. The van der Waals surface area contributed by atoms with E-state index in [4.69, 9.17) is 4.74 Å². The lowest BCUT2D eigenvalue weighted by atomic mass is 10.2. The average molecular weight is 390 g/mol. The lowest BCUT2D eigenvalue weighted by Crippen LogP contribution is -2.25. The summed E-state index contributed by atoms with van der Waals surface area (Å²) in [5, 5.41) is 2.75. The molecule has 4 aromatic rings. The van der Waals surface area contributed by atoms with Gasteiger partial charge in [0, 0.05) is 6.20 Å². The van der Waals surface area contributed by atoms with Crippen molar-refractivity contribution < 1.29 is 13.9 Å². The number of methoxy groups -OCH3 is 1. The number of rotatable bonds is 6. The summed E-state index contributed by atoms with van der Waals surface area (Å²) in [5.41, 5.74) is 2.45. The van der Waals surface area contributed by atoms with Crippen molar-refractivity contribution in [2.75, 3.05) is 7.11 Å². The van der Waals surface area contributed by atoms with E-state index in [9.17, 15) is 9.18 Å².